The fourth-order valence-electron chi connectivity index (χ4n) is 3.28. The first-order chi connectivity index (χ1) is 8.00. The van der Waals surface area contributed by atoms with Crippen molar-refractivity contribution < 1.29 is 9.47 Å². The van der Waals surface area contributed by atoms with Crippen molar-refractivity contribution in [3.8, 4) is 12.1 Å². The van der Waals surface area contributed by atoms with Gasteiger partial charge in [-0.15, -0.1) is 0 Å². The van der Waals surface area contributed by atoms with Crippen LogP contribution in [-0.4, -0.2) is 24.5 Å². The average molecular weight is 232 g/mol. The minimum Gasteiger partial charge on any atom is -0.386 e. The van der Waals surface area contributed by atoms with Crippen molar-refractivity contribution in [3.63, 3.8) is 0 Å². The second kappa shape index (κ2) is 2.61. The summed E-state index contributed by atoms with van der Waals surface area (Å²) in [7, 11) is 0. The number of rotatable bonds is 0. The molecule has 1 aliphatic carbocycles. The van der Waals surface area contributed by atoms with E-state index in [9.17, 15) is 10.5 Å². The molecule has 2 heterocycles. The number of fused-ring (bicyclic) bond motifs is 2. The minimum absolute atomic E-state index is 0.154. The van der Waals surface area contributed by atoms with Crippen LogP contribution < -0.4 is 5.73 Å². The molecule has 0 bridgehead atoms. The van der Waals surface area contributed by atoms with Gasteiger partial charge in [0.1, 0.15) is 11.3 Å². The van der Waals surface area contributed by atoms with Crippen molar-refractivity contribution in [3.05, 3.63) is 0 Å². The highest BCUT2D eigenvalue weighted by Gasteiger charge is 2.92. The molecular weight excluding hydrogens is 220 g/mol. The zero-order valence-electron chi connectivity index (χ0n) is 9.60. The fourth-order valence-corrected chi connectivity index (χ4v) is 3.28. The highest BCUT2D eigenvalue weighted by atomic mass is 16.8. The van der Waals surface area contributed by atoms with E-state index in [1.807, 2.05) is 13.8 Å². The largest absolute Gasteiger partial charge is 0.386 e. The van der Waals surface area contributed by atoms with Crippen LogP contribution in [-0.2, 0) is 9.47 Å². The Balaban J connectivity index is 2.18. The maximum Gasteiger partial charge on any atom is 0.293 e. The van der Waals surface area contributed by atoms with Gasteiger partial charge >= 0.3 is 0 Å². The molecule has 0 radical (unpaired) electrons. The molecule has 17 heavy (non-hydrogen) atoms. The van der Waals surface area contributed by atoms with Crippen molar-refractivity contribution in [1.29, 1.82) is 10.5 Å². The Labute approximate surface area is 98.6 Å². The molecule has 0 aromatic rings. The van der Waals surface area contributed by atoms with Crippen LogP contribution in [0.2, 0.25) is 0 Å². The molecule has 0 amide bonds. The lowest BCUT2D eigenvalue weighted by Crippen LogP contribution is -2.39. The number of ether oxygens (including phenoxy) is 2. The van der Waals surface area contributed by atoms with Gasteiger partial charge in [0.25, 0.3) is 5.91 Å². The Hall–Kier alpha value is -1.63. The molecule has 88 valence electrons. The number of nitriles is 2. The number of aliphatic imine (C=N–C) groups is 1. The van der Waals surface area contributed by atoms with E-state index in [1.54, 1.807) is 0 Å². The summed E-state index contributed by atoms with van der Waals surface area (Å²) in [6.45, 7) is 4.00. The topological polar surface area (TPSA) is 104 Å². The lowest BCUT2D eigenvalue weighted by atomic mass is 9.94. The number of amidine groups is 1. The van der Waals surface area contributed by atoms with Gasteiger partial charge in [0.05, 0.1) is 24.8 Å². The summed E-state index contributed by atoms with van der Waals surface area (Å²) in [6.07, 6.45) is -0.154. The monoisotopic (exact) mass is 232 g/mol. The number of nitrogens with two attached hydrogens (primary N) is 1. The second-order valence-corrected chi connectivity index (χ2v) is 4.88. The lowest BCUT2D eigenvalue weighted by Gasteiger charge is -2.25. The molecule has 1 saturated carbocycles. The maximum atomic E-state index is 9.47. The van der Waals surface area contributed by atoms with E-state index in [2.05, 4.69) is 17.1 Å². The Bertz CT molecular complexity index is 519. The Morgan fingerprint density at radius 1 is 1.41 bits per heavy atom. The molecule has 1 spiro atoms. The predicted molar refractivity (Wildman–Crippen MR) is 56.1 cm³/mol. The zero-order chi connectivity index (χ0) is 12.5. The Morgan fingerprint density at radius 3 is 2.53 bits per heavy atom. The Morgan fingerprint density at radius 2 is 2.12 bits per heavy atom. The van der Waals surface area contributed by atoms with Gasteiger partial charge in [-0.1, -0.05) is 6.92 Å². The molecule has 2 N–H and O–H groups in total. The molecule has 5 atom stereocenters. The van der Waals surface area contributed by atoms with Crippen molar-refractivity contribution in [2.75, 3.05) is 6.61 Å². The molecule has 2 aliphatic heterocycles. The molecule has 3 rings (SSSR count). The van der Waals surface area contributed by atoms with Gasteiger partial charge in [-0.05, 0) is 6.92 Å². The first-order valence-corrected chi connectivity index (χ1v) is 5.51. The van der Waals surface area contributed by atoms with Crippen molar-refractivity contribution in [2.24, 2.45) is 27.5 Å². The lowest BCUT2D eigenvalue weighted by molar-refractivity contribution is -0.194. The van der Waals surface area contributed by atoms with Crippen LogP contribution >= 0.6 is 0 Å². The van der Waals surface area contributed by atoms with Crippen LogP contribution in [0.4, 0.5) is 0 Å². The van der Waals surface area contributed by atoms with Crippen LogP contribution in [0.15, 0.2) is 4.99 Å². The zero-order valence-corrected chi connectivity index (χ0v) is 9.60. The molecule has 6 heteroatoms. The van der Waals surface area contributed by atoms with Gasteiger partial charge in [0.2, 0.25) is 0 Å². The van der Waals surface area contributed by atoms with Gasteiger partial charge in [-0.3, -0.25) is 0 Å². The van der Waals surface area contributed by atoms with Crippen LogP contribution in [0.1, 0.15) is 13.8 Å². The number of hydrogen-bond donors (Lipinski definition) is 1. The van der Waals surface area contributed by atoms with Gasteiger partial charge in [-0.25, -0.2) is 4.99 Å². The normalized spacial score (nSPS) is 54.9. The quantitative estimate of drug-likeness (QED) is 0.638. The van der Waals surface area contributed by atoms with E-state index in [-0.39, 0.29) is 17.9 Å². The molecule has 0 aromatic carbocycles. The summed E-state index contributed by atoms with van der Waals surface area (Å²) >= 11 is 0. The number of nitrogens with zero attached hydrogens (tertiary/aromatic N) is 3. The fraction of sp³-hybridized carbons (Fsp3) is 0.727. The highest BCUT2D eigenvalue weighted by molar-refractivity contribution is 5.98. The third kappa shape index (κ3) is 0.744. The van der Waals surface area contributed by atoms with E-state index < -0.39 is 16.7 Å². The van der Waals surface area contributed by atoms with Gasteiger partial charge < -0.3 is 15.2 Å². The van der Waals surface area contributed by atoms with Crippen LogP contribution in [0.5, 0.6) is 0 Å². The molecule has 0 aromatic heterocycles. The van der Waals surface area contributed by atoms with Crippen LogP contribution in [0.25, 0.3) is 0 Å². The first kappa shape index (κ1) is 10.5. The van der Waals surface area contributed by atoms with E-state index in [0.29, 0.717) is 6.61 Å². The third-order valence-corrected chi connectivity index (χ3v) is 4.24. The summed E-state index contributed by atoms with van der Waals surface area (Å²) in [4.78, 5) is 4.14. The van der Waals surface area contributed by atoms with Crippen LogP contribution in [0, 0.1) is 39.4 Å². The summed E-state index contributed by atoms with van der Waals surface area (Å²) in [5, 5.41) is 18.8. The molecule has 6 nitrogen and oxygen atoms in total. The van der Waals surface area contributed by atoms with E-state index in [4.69, 9.17) is 15.2 Å². The number of hydrogen-bond acceptors (Lipinski definition) is 6. The summed E-state index contributed by atoms with van der Waals surface area (Å²) in [6, 6.07) is 4.31. The van der Waals surface area contributed by atoms with E-state index in [1.165, 1.54) is 0 Å². The summed E-state index contributed by atoms with van der Waals surface area (Å²) in [5.74, 6) is -1.45. The van der Waals surface area contributed by atoms with Crippen molar-refractivity contribution in [1.82, 2.24) is 0 Å². The van der Waals surface area contributed by atoms with Crippen molar-refractivity contribution in [2.45, 2.75) is 25.9 Å². The van der Waals surface area contributed by atoms with Crippen molar-refractivity contribution >= 4 is 5.84 Å². The van der Waals surface area contributed by atoms with Gasteiger partial charge in [0.15, 0.2) is 5.41 Å². The van der Waals surface area contributed by atoms with E-state index in [0.717, 1.165) is 0 Å². The maximum absolute atomic E-state index is 9.47. The second-order valence-electron chi connectivity index (χ2n) is 4.88. The van der Waals surface area contributed by atoms with Crippen LogP contribution in [0.3, 0.4) is 0 Å². The minimum atomic E-state index is -1.37. The Kier molecular flexibility index (Phi) is 1.62. The van der Waals surface area contributed by atoms with Gasteiger partial charge in [0, 0.05) is 5.92 Å². The first-order valence-electron chi connectivity index (χ1n) is 5.51. The molecular formula is C11H12N4O2. The summed E-state index contributed by atoms with van der Waals surface area (Å²) < 4.78 is 11.2. The van der Waals surface area contributed by atoms with Gasteiger partial charge in [-0.2, -0.15) is 10.5 Å². The highest BCUT2D eigenvalue weighted by Crippen LogP contribution is 2.78. The smallest absolute Gasteiger partial charge is 0.293 e. The molecule has 1 saturated heterocycles. The average Bonchev–Trinajstić information content (AvgIpc) is 2.54. The predicted octanol–water partition coefficient (Wildman–Crippen LogP) is 0.116. The molecule has 3 aliphatic rings. The molecule has 0 unspecified atom stereocenters. The van der Waals surface area contributed by atoms with E-state index >= 15 is 0 Å². The third-order valence-electron chi connectivity index (χ3n) is 4.24. The molecule has 2 fully saturated rings. The standard InChI is InChI=1S/C11H12N4O2/c1-6-3-16-11(17-6)10(5-13)7(2)9(10,4-12)8(14)15-11/h6-7H,3H2,1-2H3,(H2,14,15)/t6-,7-,9-,10-,11+/m1/s1. The SMILES string of the molecule is C[C@@H]1CO[C@]2(N=C(N)[C@@]3(C#N)[C@@H](C)[C@@]23C#N)O1. The summed E-state index contributed by atoms with van der Waals surface area (Å²) in [5.41, 5.74) is 3.69.